The van der Waals surface area contributed by atoms with Gasteiger partial charge in [-0.05, 0) is 67.9 Å². The Bertz CT molecular complexity index is 1170. The van der Waals surface area contributed by atoms with E-state index in [0.717, 1.165) is 54.4 Å². The highest BCUT2D eigenvalue weighted by Crippen LogP contribution is 2.60. The lowest BCUT2D eigenvalue weighted by molar-refractivity contribution is -0.137. The molecule has 1 atom stereocenters. The van der Waals surface area contributed by atoms with Crippen LogP contribution in [0.25, 0.3) is 11.1 Å². The van der Waals surface area contributed by atoms with Crippen LogP contribution in [0.15, 0.2) is 49.1 Å². The maximum absolute atomic E-state index is 13.9. The molecule has 1 amide bonds. The molecule has 1 aliphatic heterocycles. The minimum atomic E-state index is -0.781. The Balaban J connectivity index is 1.64. The monoisotopic (exact) mass is 427 g/mol. The summed E-state index contributed by atoms with van der Waals surface area (Å²) in [6.07, 6.45) is 8.60. The number of nitrogens with one attached hydrogen (secondary N) is 1. The first kappa shape index (κ1) is 20.8. The van der Waals surface area contributed by atoms with Gasteiger partial charge in [-0.25, -0.2) is 0 Å². The highest BCUT2D eigenvalue weighted by atomic mass is 16.5. The molecule has 2 aromatic rings. The molecule has 5 nitrogen and oxygen atoms in total. The van der Waals surface area contributed by atoms with E-state index in [2.05, 4.69) is 53.0 Å². The quantitative estimate of drug-likeness (QED) is 0.737. The molecule has 3 aliphatic rings. The van der Waals surface area contributed by atoms with Crippen molar-refractivity contribution in [1.82, 2.24) is 15.2 Å². The van der Waals surface area contributed by atoms with E-state index >= 15 is 0 Å². The minimum Gasteiger partial charge on any atom is -0.381 e. The summed E-state index contributed by atoms with van der Waals surface area (Å²) in [6.45, 7) is 5.97. The molecule has 1 saturated carbocycles. The number of pyridine rings is 1. The number of ether oxygens (including phenoxy) is 1. The number of hydrogen-bond donors (Lipinski definition) is 1. The second kappa shape index (κ2) is 7.50. The summed E-state index contributed by atoms with van der Waals surface area (Å²) >= 11 is 0. The normalized spacial score (nSPS) is 28.6. The van der Waals surface area contributed by atoms with E-state index in [4.69, 9.17) is 4.74 Å². The number of benzene rings is 1. The Morgan fingerprint density at radius 3 is 2.66 bits per heavy atom. The van der Waals surface area contributed by atoms with Crippen LogP contribution in [0.3, 0.4) is 0 Å². The van der Waals surface area contributed by atoms with E-state index in [1.54, 1.807) is 18.2 Å². The van der Waals surface area contributed by atoms with Gasteiger partial charge >= 0.3 is 0 Å². The SMILES string of the molecule is C=C1NC2(C(=O)N1C)c1cc(-c3cncc(C#CC)c3)ccc1CC21CCC(OC)CC1. The molecule has 2 spiro atoms. The van der Waals surface area contributed by atoms with E-state index in [1.807, 2.05) is 20.2 Å². The number of likely N-dealkylation sites (N-methyl/N-ethyl adjacent to an activating group) is 1. The van der Waals surface area contributed by atoms with Gasteiger partial charge in [-0.3, -0.25) is 14.7 Å². The molecule has 0 bridgehead atoms. The number of amides is 1. The summed E-state index contributed by atoms with van der Waals surface area (Å²) in [4.78, 5) is 19.9. The summed E-state index contributed by atoms with van der Waals surface area (Å²) in [5.74, 6) is 6.79. The van der Waals surface area contributed by atoms with Crippen LogP contribution in [0.2, 0.25) is 0 Å². The maximum Gasteiger partial charge on any atom is 0.258 e. The van der Waals surface area contributed by atoms with Crippen molar-refractivity contribution >= 4 is 5.91 Å². The number of aromatic nitrogens is 1. The van der Waals surface area contributed by atoms with Gasteiger partial charge in [0, 0.05) is 43.1 Å². The van der Waals surface area contributed by atoms with Gasteiger partial charge in [0.15, 0.2) is 5.54 Å². The Morgan fingerprint density at radius 2 is 2.00 bits per heavy atom. The fourth-order valence-corrected chi connectivity index (χ4v) is 6.05. The second-order valence-electron chi connectivity index (χ2n) is 9.29. The van der Waals surface area contributed by atoms with Crippen molar-refractivity contribution in [1.29, 1.82) is 0 Å². The van der Waals surface area contributed by atoms with Crippen LogP contribution < -0.4 is 5.32 Å². The van der Waals surface area contributed by atoms with Gasteiger partial charge in [0.25, 0.3) is 5.91 Å². The zero-order valence-electron chi connectivity index (χ0n) is 19.0. The van der Waals surface area contributed by atoms with E-state index < -0.39 is 5.54 Å². The predicted octanol–water partition coefficient (Wildman–Crippen LogP) is 3.98. The molecular formula is C27H29N3O2. The van der Waals surface area contributed by atoms with Crippen LogP contribution in [0.5, 0.6) is 0 Å². The first-order chi connectivity index (χ1) is 15.4. The van der Waals surface area contributed by atoms with Crippen LogP contribution in [0.1, 0.15) is 49.3 Å². The summed E-state index contributed by atoms with van der Waals surface area (Å²) < 4.78 is 5.65. The molecule has 1 aromatic heterocycles. The molecule has 5 rings (SSSR count). The largest absolute Gasteiger partial charge is 0.381 e. The average molecular weight is 428 g/mol. The lowest BCUT2D eigenvalue weighted by atomic mass is 9.61. The van der Waals surface area contributed by atoms with Gasteiger partial charge in [-0.15, -0.1) is 5.92 Å². The van der Waals surface area contributed by atoms with E-state index in [0.29, 0.717) is 5.82 Å². The Morgan fingerprint density at radius 1 is 1.22 bits per heavy atom. The second-order valence-corrected chi connectivity index (χ2v) is 9.29. The molecule has 0 radical (unpaired) electrons. The molecule has 2 fully saturated rings. The number of carbonyl (C=O) groups is 1. The van der Waals surface area contributed by atoms with Crippen molar-refractivity contribution in [3.63, 3.8) is 0 Å². The molecule has 32 heavy (non-hydrogen) atoms. The van der Waals surface area contributed by atoms with Gasteiger partial charge in [-0.2, -0.15) is 0 Å². The first-order valence-electron chi connectivity index (χ1n) is 11.2. The fourth-order valence-electron chi connectivity index (χ4n) is 6.05. The lowest BCUT2D eigenvalue weighted by Gasteiger charge is -2.46. The third-order valence-corrected chi connectivity index (χ3v) is 7.76. The molecule has 164 valence electrons. The predicted molar refractivity (Wildman–Crippen MR) is 124 cm³/mol. The summed E-state index contributed by atoms with van der Waals surface area (Å²) in [6, 6.07) is 8.58. The zero-order chi connectivity index (χ0) is 22.5. The Kier molecular flexibility index (Phi) is 4.87. The average Bonchev–Trinajstić information content (AvgIpc) is 3.21. The minimum absolute atomic E-state index is 0.0954. The van der Waals surface area contributed by atoms with Crippen molar-refractivity contribution in [3.05, 3.63) is 65.7 Å². The Labute approximate surface area is 189 Å². The van der Waals surface area contributed by atoms with Gasteiger partial charge in [-0.1, -0.05) is 24.6 Å². The van der Waals surface area contributed by atoms with Gasteiger partial charge < -0.3 is 10.1 Å². The highest BCUT2D eigenvalue weighted by molar-refractivity contribution is 5.95. The molecular weight excluding hydrogens is 398 g/mol. The van der Waals surface area contributed by atoms with Crippen molar-refractivity contribution in [3.8, 4) is 23.0 Å². The van der Waals surface area contributed by atoms with Crippen LogP contribution in [-0.4, -0.2) is 36.1 Å². The lowest BCUT2D eigenvalue weighted by Crippen LogP contribution is -2.56. The first-order valence-corrected chi connectivity index (χ1v) is 11.2. The summed E-state index contributed by atoms with van der Waals surface area (Å²) in [5.41, 5.74) is 4.30. The van der Waals surface area contributed by atoms with Crippen LogP contribution in [0, 0.1) is 17.3 Å². The summed E-state index contributed by atoms with van der Waals surface area (Å²) in [7, 11) is 3.60. The molecule has 2 aliphatic carbocycles. The van der Waals surface area contributed by atoms with Gasteiger partial charge in [0.1, 0.15) is 5.82 Å². The van der Waals surface area contributed by atoms with E-state index in [9.17, 15) is 4.79 Å². The zero-order valence-corrected chi connectivity index (χ0v) is 19.0. The Hall–Kier alpha value is -3.10. The van der Waals surface area contributed by atoms with E-state index in [-0.39, 0.29) is 17.4 Å². The molecule has 1 saturated heterocycles. The number of rotatable bonds is 2. The molecule has 1 N–H and O–H groups in total. The van der Waals surface area contributed by atoms with E-state index in [1.165, 1.54) is 5.56 Å². The molecule has 1 aromatic carbocycles. The fraction of sp³-hybridized carbons (Fsp3) is 0.407. The van der Waals surface area contributed by atoms with Gasteiger partial charge in [0.2, 0.25) is 0 Å². The molecule has 1 unspecified atom stereocenters. The van der Waals surface area contributed by atoms with Crippen LogP contribution in [-0.2, 0) is 21.5 Å². The van der Waals surface area contributed by atoms with Crippen molar-refractivity contribution in [2.24, 2.45) is 5.41 Å². The third kappa shape index (κ3) is 2.83. The highest BCUT2D eigenvalue weighted by Gasteiger charge is 2.66. The number of fused-ring (bicyclic) bond motifs is 3. The topological polar surface area (TPSA) is 54.5 Å². The number of hydrogen-bond acceptors (Lipinski definition) is 4. The molecule has 2 heterocycles. The van der Waals surface area contributed by atoms with Gasteiger partial charge in [0.05, 0.1) is 6.10 Å². The van der Waals surface area contributed by atoms with Crippen molar-refractivity contribution in [2.75, 3.05) is 14.2 Å². The number of methoxy groups -OCH3 is 1. The van der Waals surface area contributed by atoms with Crippen LogP contribution in [0.4, 0.5) is 0 Å². The standard InChI is InChI=1S/C27H29N3O2/c1-5-6-19-13-22(17-28-16-19)20-7-8-21-15-26(11-9-23(32-4)10-12-26)27(24(21)14-20)25(31)30(3)18(2)29-27/h7-8,13-14,16-17,23,29H,2,9-12,15H2,1,3-4H3. The smallest absolute Gasteiger partial charge is 0.258 e. The number of carbonyl (C=O) groups excluding carboxylic acids is 1. The molecule has 5 heteroatoms. The summed E-state index contributed by atoms with van der Waals surface area (Å²) in [5, 5.41) is 3.59. The number of nitrogens with zero attached hydrogens (tertiary/aromatic N) is 2. The third-order valence-electron chi connectivity index (χ3n) is 7.76. The maximum atomic E-state index is 13.9. The van der Waals surface area contributed by atoms with Crippen molar-refractivity contribution < 1.29 is 9.53 Å². The van der Waals surface area contributed by atoms with Crippen LogP contribution >= 0.6 is 0 Å². The van der Waals surface area contributed by atoms with Crippen molar-refractivity contribution in [2.45, 2.75) is 50.7 Å².